The molecule has 3 aliphatic carbocycles. The standard InChI is InChI=1S/C31H52O3/c1-20(2)22(5)12-19-31(9,34)25-14-17-29(7)24(25)10-11-26-28(6,16-15-27(32)33)23(21(3)4)13-18-30(26,29)8/h20,23-26,34H,3,5,10-19H2,1-2,4,6-9H3,(H,32,33)/t23-,24+,25-,26-,28-,29+,30+,31-/m0/s1. The minimum Gasteiger partial charge on any atom is -0.481 e. The SMILES string of the molecule is C=C(CC[C@](C)(O)[C@H]1CC[C@]2(C)[C@@H]1CC[C@H]1[C@@](C)(CCC(=O)O)[C@H](C(=C)C)CC[C@]12C)C(C)C. The van der Waals surface area contributed by atoms with Crippen LogP contribution in [0.2, 0.25) is 0 Å². The number of allylic oxidation sites excluding steroid dienone is 2. The summed E-state index contributed by atoms with van der Waals surface area (Å²) in [5.74, 6) is 1.54. The van der Waals surface area contributed by atoms with E-state index in [4.69, 9.17) is 0 Å². The maximum absolute atomic E-state index is 11.7. The summed E-state index contributed by atoms with van der Waals surface area (Å²) in [5.41, 5.74) is 2.13. The second-order valence-electron chi connectivity index (χ2n) is 13.7. The lowest BCUT2D eigenvalue weighted by atomic mass is 9.38. The fourth-order valence-electron chi connectivity index (χ4n) is 9.28. The Labute approximate surface area is 209 Å². The molecule has 8 atom stereocenters. The fourth-order valence-corrected chi connectivity index (χ4v) is 9.28. The van der Waals surface area contributed by atoms with Crippen molar-refractivity contribution in [3.63, 3.8) is 0 Å². The molecule has 0 bridgehead atoms. The molecule has 194 valence electrons. The van der Waals surface area contributed by atoms with E-state index < -0.39 is 11.6 Å². The lowest BCUT2D eigenvalue weighted by molar-refractivity contribution is -0.179. The van der Waals surface area contributed by atoms with Gasteiger partial charge in [0, 0.05) is 6.42 Å². The van der Waals surface area contributed by atoms with Crippen molar-refractivity contribution >= 4 is 5.97 Å². The van der Waals surface area contributed by atoms with Crippen molar-refractivity contribution in [2.45, 2.75) is 118 Å². The van der Waals surface area contributed by atoms with Gasteiger partial charge >= 0.3 is 5.97 Å². The quantitative estimate of drug-likeness (QED) is 0.334. The highest BCUT2D eigenvalue weighted by Gasteiger charge is 2.67. The predicted octanol–water partition coefficient (Wildman–Crippen LogP) is 8.04. The first-order chi connectivity index (χ1) is 15.6. The van der Waals surface area contributed by atoms with Crippen LogP contribution in [0.15, 0.2) is 24.3 Å². The zero-order chi connectivity index (χ0) is 25.7. The largest absolute Gasteiger partial charge is 0.481 e. The van der Waals surface area contributed by atoms with Crippen LogP contribution in [-0.4, -0.2) is 21.8 Å². The average Bonchev–Trinajstić information content (AvgIpc) is 3.10. The van der Waals surface area contributed by atoms with E-state index in [1.54, 1.807) is 0 Å². The second kappa shape index (κ2) is 9.41. The molecule has 0 unspecified atom stereocenters. The van der Waals surface area contributed by atoms with Crippen molar-refractivity contribution in [3.8, 4) is 0 Å². The number of carbonyl (C=O) groups is 1. The topological polar surface area (TPSA) is 57.5 Å². The lowest BCUT2D eigenvalue weighted by Gasteiger charge is -2.66. The number of fused-ring (bicyclic) bond motifs is 3. The smallest absolute Gasteiger partial charge is 0.303 e. The Morgan fingerprint density at radius 1 is 1.03 bits per heavy atom. The van der Waals surface area contributed by atoms with Crippen molar-refractivity contribution in [3.05, 3.63) is 24.3 Å². The first-order valence-corrected chi connectivity index (χ1v) is 13.9. The third-order valence-corrected chi connectivity index (χ3v) is 11.7. The maximum Gasteiger partial charge on any atom is 0.303 e. The number of aliphatic hydroxyl groups is 1. The normalized spacial score (nSPS) is 41.4. The Bertz CT molecular complexity index is 809. The molecular formula is C31H52O3. The van der Waals surface area contributed by atoms with Gasteiger partial charge < -0.3 is 10.2 Å². The van der Waals surface area contributed by atoms with Gasteiger partial charge in [0.25, 0.3) is 0 Å². The van der Waals surface area contributed by atoms with Crippen molar-refractivity contribution in [2.75, 3.05) is 0 Å². The zero-order valence-corrected chi connectivity index (χ0v) is 23.2. The first kappa shape index (κ1) is 27.5. The van der Waals surface area contributed by atoms with E-state index in [1.807, 2.05) is 0 Å². The molecule has 0 aromatic heterocycles. The van der Waals surface area contributed by atoms with Crippen LogP contribution < -0.4 is 0 Å². The summed E-state index contributed by atoms with van der Waals surface area (Å²) in [5, 5.41) is 21.3. The van der Waals surface area contributed by atoms with Crippen molar-refractivity contribution in [1.29, 1.82) is 0 Å². The number of carboxylic acid groups (broad SMARTS) is 1. The van der Waals surface area contributed by atoms with Gasteiger partial charge in [-0.3, -0.25) is 4.79 Å². The Hall–Kier alpha value is -1.09. The molecule has 3 nitrogen and oxygen atoms in total. The Morgan fingerprint density at radius 2 is 1.65 bits per heavy atom. The fraction of sp³-hybridized carbons (Fsp3) is 0.839. The van der Waals surface area contributed by atoms with Gasteiger partial charge in [-0.25, -0.2) is 0 Å². The molecular weight excluding hydrogens is 420 g/mol. The van der Waals surface area contributed by atoms with E-state index in [-0.39, 0.29) is 22.7 Å². The number of hydrogen-bond donors (Lipinski definition) is 2. The highest BCUT2D eigenvalue weighted by Crippen LogP contribution is 2.74. The Kier molecular flexibility index (Phi) is 7.61. The molecule has 34 heavy (non-hydrogen) atoms. The van der Waals surface area contributed by atoms with Crippen LogP contribution in [0.25, 0.3) is 0 Å². The summed E-state index contributed by atoms with van der Waals surface area (Å²) < 4.78 is 0. The molecule has 3 heteroatoms. The average molecular weight is 473 g/mol. The zero-order valence-electron chi connectivity index (χ0n) is 23.2. The third-order valence-electron chi connectivity index (χ3n) is 11.7. The number of aliphatic carboxylic acids is 1. The van der Waals surface area contributed by atoms with Gasteiger partial charge in [-0.2, -0.15) is 0 Å². The maximum atomic E-state index is 11.7. The summed E-state index contributed by atoms with van der Waals surface area (Å²) in [6, 6.07) is 0. The minimum absolute atomic E-state index is 0.0270. The Balaban J connectivity index is 1.90. The molecule has 0 amide bonds. The van der Waals surface area contributed by atoms with E-state index in [2.05, 4.69) is 61.6 Å². The summed E-state index contributed by atoms with van der Waals surface area (Å²) >= 11 is 0. The van der Waals surface area contributed by atoms with E-state index in [9.17, 15) is 15.0 Å². The second-order valence-corrected chi connectivity index (χ2v) is 13.7. The highest BCUT2D eigenvalue weighted by molar-refractivity contribution is 5.66. The van der Waals surface area contributed by atoms with Crippen LogP contribution in [0.4, 0.5) is 0 Å². The Morgan fingerprint density at radius 3 is 2.21 bits per heavy atom. The minimum atomic E-state index is -0.686. The van der Waals surface area contributed by atoms with Crippen LogP contribution >= 0.6 is 0 Å². The van der Waals surface area contributed by atoms with Crippen LogP contribution in [-0.2, 0) is 4.79 Å². The number of hydrogen-bond acceptors (Lipinski definition) is 2. The molecule has 0 spiro atoms. The predicted molar refractivity (Wildman–Crippen MR) is 142 cm³/mol. The first-order valence-electron chi connectivity index (χ1n) is 13.9. The van der Waals surface area contributed by atoms with Crippen molar-refractivity contribution < 1.29 is 15.0 Å². The van der Waals surface area contributed by atoms with Crippen molar-refractivity contribution in [1.82, 2.24) is 0 Å². The summed E-state index contributed by atoms with van der Waals surface area (Å²) in [6.45, 7) is 24.6. The van der Waals surface area contributed by atoms with Gasteiger partial charge in [0.15, 0.2) is 0 Å². The van der Waals surface area contributed by atoms with Gasteiger partial charge in [0.2, 0.25) is 0 Å². The van der Waals surface area contributed by atoms with Crippen LogP contribution in [0, 0.1) is 45.8 Å². The molecule has 0 heterocycles. The van der Waals surface area contributed by atoms with Gasteiger partial charge in [0.1, 0.15) is 0 Å². The molecule has 2 N–H and O–H groups in total. The van der Waals surface area contributed by atoms with Crippen LogP contribution in [0.1, 0.15) is 113 Å². The van der Waals surface area contributed by atoms with E-state index in [0.717, 1.165) is 44.9 Å². The third kappa shape index (κ3) is 4.44. The molecule has 3 aliphatic rings. The summed E-state index contributed by atoms with van der Waals surface area (Å²) in [4.78, 5) is 11.6. The van der Waals surface area contributed by atoms with Crippen molar-refractivity contribution in [2.24, 2.45) is 45.8 Å². The molecule has 0 saturated heterocycles. The molecule has 0 aromatic carbocycles. The number of carboxylic acids is 1. The van der Waals surface area contributed by atoms with Gasteiger partial charge in [-0.05, 0) is 117 Å². The molecule has 3 rings (SSSR count). The summed E-state index contributed by atoms with van der Waals surface area (Å²) in [7, 11) is 0. The van der Waals surface area contributed by atoms with E-state index in [0.29, 0.717) is 29.6 Å². The molecule has 0 aromatic rings. The van der Waals surface area contributed by atoms with E-state index >= 15 is 0 Å². The van der Waals surface area contributed by atoms with E-state index in [1.165, 1.54) is 24.0 Å². The lowest BCUT2D eigenvalue weighted by Crippen LogP contribution is -2.60. The van der Waals surface area contributed by atoms with Gasteiger partial charge in [-0.1, -0.05) is 58.9 Å². The van der Waals surface area contributed by atoms with Gasteiger partial charge in [0.05, 0.1) is 5.60 Å². The van der Waals surface area contributed by atoms with Crippen LogP contribution in [0.5, 0.6) is 0 Å². The highest BCUT2D eigenvalue weighted by atomic mass is 16.4. The summed E-state index contributed by atoms with van der Waals surface area (Å²) in [6.07, 6.45) is 9.52. The molecule has 3 fully saturated rings. The molecule has 0 aliphatic heterocycles. The monoisotopic (exact) mass is 472 g/mol. The van der Waals surface area contributed by atoms with Crippen LogP contribution in [0.3, 0.4) is 0 Å². The number of rotatable bonds is 9. The molecule has 0 radical (unpaired) electrons. The molecule has 3 saturated carbocycles. The van der Waals surface area contributed by atoms with Gasteiger partial charge in [-0.15, -0.1) is 0 Å².